The highest BCUT2D eigenvalue weighted by molar-refractivity contribution is 5.93. The van der Waals surface area contributed by atoms with Crippen molar-refractivity contribution in [1.29, 1.82) is 0 Å². The molecule has 3 N–H and O–H groups in total. The molecule has 4 rings (SSSR count). The summed E-state index contributed by atoms with van der Waals surface area (Å²) in [5.74, 6) is 0.284. The molecule has 0 saturated heterocycles. The van der Waals surface area contributed by atoms with Gasteiger partial charge in [-0.15, -0.1) is 0 Å². The van der Waals surface area contributed by atoms with Crippen molar-refractivity contribution in [3.8, 4) is 17.0 Å². The van der Waals surface area contributed by atoms with Gasteiger partial charge >= 0.3 is 0 Å². The van der Waals surface area contributed by atoms with Gasteiger partial charge in [0.2, 0.25) is 5.91 Å². The predicted octanol–water partition coefficient (Wildman–Crippen LogP) is 4.69. The minimum absolute atomic E-state index is 0.0248. The highest BCUT2D eigenvalue weighted by atomic mass is 16.3. The van der Waals surface area contributed by atoms with Crippen LogP contribution < -0.4 is 5.32 Å². The molecule has 0 fully saturated rings. The first-order valence-corrected chi connectivity index (χ1v) is 10.5. The number of benzene rings is 3. The van der Waals surface area contributed by atoms with Crippen molar-refractivity contribution in [3.05, 3.63) is 107 Å². The maximum atomic E-state index is 12.6. The normalized spacial score (nSPS) is 10.9. The SMILES string of the molecule is O=C(Cc1ccc(O)cc1)Nc1ncc(-c2ccc(CO)cc2)nc1/C=C/c1ccccc1. The Bertz CT molecular complexity index is 1250. The maximum Gasteiger partial charge on any atom is 0.230 e. The van der Waals surface area contributed by atoms with Gasteiger partial charge in [-0.1, -0.05) is 72.8 Å². The molecule has 0 bridgehead atoms. The van der Waals surface area contributed by atoms with Crippen molar-refractivity contribution in [2.24, 2.45) is 0 Å². The van der Waals surface area contributed by atoms with E-state index in [1.807, 2.05) is 66.7 Å². The fraction of sp³-hybridized carbons (Fsp3) is 0.0741. The molecule has 0 unspecified atom stereocenters. The summed E-state index contributed by atoms with van der Waals surface area (Å²) in [4.78, 5) is 21.8. The van der Waals surface area contributed by atoms with E-state index < -0.39 is 0 Å². The van der Waals surface area contributed by atoms with Crippen LogP contribution in [0.15, 0.2) is 85.1 Å². The number of phenols is 1. The van der Waals surface area contributed by atoms with E-state index in [9.17, 15) is 15.0 Å². The summed E-state index contributed by atoms with van der Waals surface area (Å²) in [6.07, 6.45) is 5.50. The second-order valence-corrected chi connectivity index (χ2v) is 7.48. The van der Waals surface area contributed by atoms with Crippen LogP contribution in [0.4, 0.5) is 5.82 Å². The number of nitrogens with one attached hydrogen (secondary N) is 1. The van der Waals surface area contributed by atoms with Gasteiger partial charge in [-0.2, -0.15) is 0 Å². The quantitative estimate of drug-likeness (QED) is 0.390. The highest BCUT2D eigenvalue weighted by Crippen LogP contribution is 2.22. The second-order valence-electron chi connectivity index (χ2n) is 7.48. The summed E-state index contributed by atoms with van der Waals surface area (Å²) in [5, 5.41) is 21.5. The van der Waals surface area contributed by atoms with E-state index in [2.05, 4.69) is 10.3 Å². The molecule has 0 aliphatic carbocycles. The van der Waals surface area contributed by atoms with Crippen LogP contribution in [0.5, 0.6) is 5.75 Å². The van der Waals surface area contributed by atoms with Crippen LogP contribution in [0, 0.1) is 0 Å². The Morgan fingerprint density at radius 2 is 1.58 bits per heavy atom. The minimum Gasteiger partial charge on any atom is -0.508 e. The number of nitrogens with zero attached hydrogens (tertiary/aromatic N) is 2. The van der Waals surface area contributed by atoms with Gasteiger partial charge in [0.15, 0.2) is 5.82 Å². The van der Waals surface area contributed by atoms with Gasteiger partial charge in [0, 0.05) is 5.56 Å². The third kappa shape index (κ3) is 5.90. The molecule has 4 aromatic rings. The van der Waals surface area contributed by atoms with Gasteiger partial charge in [-0.25, -0.2) is 9.97 Å². The van der Waals surface area contributed by atoms with E-state index in [1.165, 1.54) is 0 Å². The molecular formula is C27H23N3O3. The molecule has 1 amide bonds. The molecule has 1 aromatic heterocycles. The molecule has 0 aliphatic heterocycles. The first kappa shape index (κ1) is 21.9. The van der Waals surface area contributed by atoms with Crippen molar-refractivity contribution < 1.29 is 15.0 Å². The Morgan fingerprint density at radius 1 is 0.879 bits per heavy atom. The van der Waals surface area contributed by atoms with Crippen molar-refractivity contribution in [1.82, 2.24) is 9.97 Å². The molecule has 6 nitrogen and oxygen atoms in total. The zero-order valence-corrected chi connectivity index (χ0v) is 17.8. The summed E-state index contributed by atoms with van der Waals surface area (Å²) in [6.45, 7) is -0.0248. The van der Waals surface area contributed by atoms with E-state index >= 15 is 0 Å². The predicted molar refractivity (Wildman–Crippen MR) is 129 cm³/mol. The third-order valence-electron chi connectivity index (χ3n) is 5.02. The second kappa shape index (κ2) is 10.3. The number of rotatable bonds is 7. The Hall–Kier alpha value is -4.29. The first-order valence-electron chi connectivity index (χ1n) is 10.5. The fourth-order valence-corrected chi connectivity index (χ4v) is 3.25. The monoisotopic (exact) mass is 437 g/mol. The highest BCUT2D eigenvalue weighted by Gasteiger charge is 2.11. The smallest absolute Gasteiger partial charge is 0.230 e. The summed E-state index contributed by atoms with van der Waals surface area (Å²) < 4.78 is 0. The minimum atomic E-state index is -0.232. The summed E-state index contributed by atoms with van der Waals surface area (Å²) in [5.41, 5.74) is 4.63. The van der Waals surface area contributed by atoms with Crippen LogP contribution in [-0.2, 0) is 17.8 Å². The van der Waals surface area contributed by atoms with Gasteiger partial charge < -0.3 is 15.5 Å². The standard InChI is InChI=1S/C27H23N3O3/c31-18-21-6-11-22(12-7-21)25-17-28-27(24(29-25)15-10-19-4-2-1-3-5-19)30-26(33)16-20-8-13-23(32)14-9-20/h1-15,17,31-32H,16,18H2,(H,28,30,33)/b15-10+. The van der Waals surface area contributed by atoms with Crippen LogP contribution in [0.25, 0.3) is 23.4 Å². The Labute approximate surface area is 191 Å². The van der Waals surface area contributed by atoms with Crippen molar-refractivity contribution in [2.75, 3.05) is 5.32 Å². The number of aromatic nitrogens is 2. The zero-order chi connectivity index (χ0) is 23.0. The number of carbonyl (C=O) groups excluding carboxylic acids is 1. The summed E-state index contributed by atoms with van der Waals surface area (Å²) >= 11 is 0. The Morgan fingerprint density at radius 3 is 2.27 bits per heavy atom. The molecule has 6 heteroatoms. The van der Waals surface area contributed by atoms with Crippen LogP contribution in [0.1, 0.15) is 22.4 Å². The number of phenolic OH excluding ortho intramolecular Hbond substituents is 1. The zero-order valence-electron chi connectivity index (χ0n) is 17.8. The largest absolute Gasteiger partial charge is 0.508 e. The van der Waals surface area contributed by atoms with Crippen molar-refractivity contribution in [2.45, 2.75) is 13.0 Å². The number of aromatic hydroxyl groups is 1. The topological polar surface area (TPSA) is 95.3 Å². The molecule has 0 spiro atoms. The molecular weight excluding hydrogens is 414 g/mol. The first-order chi connectivity index (χ1) is 16.1. The molecule has 33 heavy (non-hydrogen) atoms. The van der Waals surface area contributed by atoms with E-state index in [4.69, 9.17) is 4.98 Å². The lowest BCUT2D eigenvalue weighted by Gasteiger charge is -2.10. The van der Waals surface area contributed by atoms with E-state index in [0.29, 0.717) is 17.2 Å². The maximum absolute atomic E-state index is 12.6. The van der Waals surface area contributed by atoms with Crippen molar-refractivity contribution >= 4 is 23.9 Å². The van der Waals surface area contributed by atoms with E-state index in [-0.39, 0.29) is 24.7 Å². The Kier molecular flexibility index (Phi) is 6.87. The molecule has 1 heterocycles. The Balaban J connectivity index is 1.61. The van der Waals surface area contributed by atoms with Gasteiger partial charge in [-0.05, 0) is 34.9 Å². The van der Waals surface area contributed by atoms with Crippen LogP contribution in [-0.4, -0.2) is 26.1 Å². The lowest BCUT2D eigenvalue weighted by molar-refractivity contribution is -0.115. The van der Waals surface area contributed by atoms with E-state index in [0.717, 1.165) is 22.3 Å². The molecule has 3 aromatic carbocycles. The number of carbonyl (C=O) groups is 1. The number of hydrogen-bond donors (Lipinski definition) is 3. The fourth-order valence-electron chi connectivity index (χ4n) is 3.25. The molecule has 0 atom stereocenters. The summed E-state index contributed by atoms with van der Waals surface area (Å²) in [7, 11) is 0. The number of aliphatic hydroxyl groups is 1. The lowest BCUT2D eigenvalue weighted by Crippen LogP contribution is -2.16. The average Bonchev–Trinajstić information content (AvgIpc) is 2.85. The molecule has 0 aliphatic rings. The third-order valence-corrected chi connectivity index (χ3v) is 5.02. The van der Waals surface area contributed by atoms with Gasteiger partial charge in [-0.3, -0.25) is 4.79 Å². The molecule has 0 saturated carbocycles. The summed E-state index contributed by atoms with van der Waals surface area (Å²) in [6, 6.07) is 23.7. The van der Waals surface area contributed by atoms with Gasteiger partial charge in [0.1, 0.15) is 11.4 Å². The molecule has 164 valence electrons. The van der Waals surface area contributed by atoms with Gasteiger partial charge in [0.05, 0.1) is 24.9 Å². The number of amides is 1. The van der Waals surface area contributed by atoms with Gasteiger partial charge in [0.25, 0.3) is 0 Å². The molecule has 0 radical (unpaired) electrons. The van der Waals surface area contributed by atoms with Crippen LogP contribution in [0.3, 0.4) is 0 Å². The number of anilines is 1. The van der Waals surface area contributed by atoms with Crippen LogP contribution in [0.2, 0.25) is 0 Å². The number of hydrogen-bond acceptors (Lipinski definition) is 5. The number of aliphatic hydroxyl groups excluding tert-OH is 1. The van der Waals surface area contributed by atoms with Crippen molar-refractivity contribution in [3.63, 3.8) is 0 Å². The average molecular weight is 437 g/mol. The van der Waals surface area contributed by atoms with E-state index in [1.54, 1.807) is 30.5 Å². The van der Waals surface area contributed by atoms with Crippen LogP contribution >= 0.6 is 0 Å². The lowest BCUT2D eigenvalue weighted by atomic mass is 10.1.